The molecule has 0 fully saturated rings. The second-order valence-electron chi connectivity index (χ2n) is 8.71. The molecule has 0 aliphatic heterocycles. The van der Waals surface area contributed by atoms with Crippen LogP contribution in [0.4, 0.5) is 5.69 Å². The lowest BCUT2D eigenvalue weighted by Gasteiger charge is -2.33. The van der Waals surface area contributed by atoms with Gasteiger partial charge in [-0.1, -0.05) is 72.6 Å². The van der Waals surface area contributed by atoms with E-state index in [1.165, 1.54) is 24.1 Å². The number of nitrogens with one attached hydrogen (secondary N) is 1. The standard InChI is InChI=1S/C28H33N3O4S/c1-5-26(28(33)29-4)30(19-23-15-11-21(2)12-16-23)27(32)20-31(24-17-13-22(3)14-18-24)36(34,35)25-9-7-6-8-10-25/h6-18,26H,5,19-20H2,1-4H3,(H,29,33)/t26-/m0/s1. The summed E-state index contributed by atoms with van der Waals surface area (Å²) in [4.78, 5) is 28.1. The molecule has 0 heterocycles. The highest BCUT2D eigenvalue weighted by atomic mass is 32.2. The van der Waals surface area contributed by atoms with E-state index in [2.05, 4.69) is 5.32 Å². The zero-order chi connectivity index (χ0) is 26.3. The van der Waals surface area contributed by atoms with Gasteiger partial charge in [-0.05, 0) is 50.1 Å². The monoisotopic (exact) mass is 507 g/mol. The number of aryl methyl sites for hydroxylation is 2. The second kappa shape index (κ2) is 11.9. The van der Waals surface area contributed by atoms with Crippen LogP contribution >= 0.6 is 0 Å². The number of benzene rings is 3. The van der Waals surface area contributed by atoms with Crippen LogP contribution in [-0.2, 0) is 26.2 Å². The highest BCUT2D eigenvalue weighted by Crippen LogP contribution is 2.25. The average molecular weight is 508 g/mol. The SMILES string of the molecule is CC[C@@H](C(=O)NC)N(Cc1ccc(C)cc1)C(=O)CN(c1ccc(C)cc1)S(=O)(=O)c1ccccc1. The molecule has 1 atom stereocenters. The zero-order valence-corrected chi connectivity index (χ0v) is 22.0. The Labute approximate surface area is 213 Å². The van der Waals surface area contributed by atoms with Gasteiger partial charge in [0.25, 0.3) is 10.0 Å². The second-order valence-corrected chi connectivity index (χ2v) is 10.6. The van der Waals surface area contributed by atoms with Crippen molar-refractivity contribution in [2.75, 3.05) is 17.9 Å². The molecular formula is C28H33N3O4S. The van der Waals surface area contributed by atoms with Gasteiger partial charge in [0.2, 0.25) is 11.8 Å². The third kappa shape index (κ3) is 6.31. The predicted octanol–water partition coefficient (Wildman–Crippen LogP) is 4.05. The first kappa shape index (κ1) is 26.9. The molecule has 0 radical (unpaired) electrons. The van der Waals surface area contributed by atoms with Crippen LogP contribution in [0.1, 0.15) is 30.0 Å². The Hall–Kier alpha value is -3.65. The van der Waals surface area contributed by atoms with Crippen molar-refractivity contribution in [3.63, 3.8) is 0 Å². The Morgan fingerprint density at radius 2 is 1.42 bits per heavy atom. The summed E-state index contributed by atoms with van der Waals surface area (Å²) in [5.74, 6) is -0.767. The molecule has 8 heteroatoms. The number of amides is 2. The van der Waals surface area contributed by atoms with Crippen LogP contribution in [0.25, 0.3) is 0 Å². The maximum absolute atomic E-state index is 13.8. The first-order chi connectivity index (χ1) is 17.2. The van der Waals surface area contributed by atoms with E-state index < -0.39 is 28.5 Å². The smallest absolute Gasteiger partial charge is 0.264 e. The molecule has 2 amide bonds. The fourth-order valence-corrected chi connectivity index (χ4v) is 5.37. The molecule has 0 saturated carbocycles. The number of hydrogen-bond donors (Lipinski definition) is 1. The van der Waals surface area contributed by atoms with Crippen LogP contribution in [0.15, 0.2) is 83.8 Å². The molecule has 1 N–H and O–H groups in total. The van der Waals surface area contributed by atoms with Crippen molar-refractivity contribution >= 4 is 27.5 Å². The molecule has 3 aromatic rings. The van der Waals surface area contributed by atoms with Crippen molar-refractivity contribution in [1.82, 2.24) is 10.2 Å². The van der Waals surface area contributed by atoms with E-state index in [1.807, 2.05) is 45.0 Å². The van der Waals surface area contributed by atoms with Gasteiger partial charge in [0, 0.05) is 13.6 Å². The molecule has 0 aromatic heterocycles. The minimum Gasteiger partial charge on any atom is -0.357 e. The number of anilines is 1. The summed E-state index contributed by atoms with van der Waals surface area (Å²) < 4.78 is 28.5. The van der Waals surface area contributed by atoms with Crippen molar-refractivity contribution < 1.29 is 18.0 Å². The van der Waals surface area contributed by atoms with E-state index in [-0.39, 0.29) is 17.3 Å². The molecule has 0 aliphatic rings. The maximum Gasteiger partial charge on any atom is 0.264 e. The van der Waals surface area contributed by atoms with E-state index in [4.69, 9.17) is 0 Å². The zero-order valence-electron chi connectivity index (χ0n) is 21.1. The van der Waals surface area contributed by atoms with Gasteiger partial charge < -0.3 is 10.2 Å². The maximum atomic E-state index is 13.8. The van der Waals surface area contributed by atoms with Crippen molar-refractivity contribution in [3.05, 3.63) is 95.6 Å². The third-order valence-electron chi connectivity index (χ3n) is 6.04. The van der Waals surface area contributed by atoms with Crippen LogP contribution < -0.4 is 9.62 Å². The molecule has 190 valence electrons. The van der Waals surface area contributed by atoms with Gasteiger partial charge in [-0.3, -0.25) is 13.9 Å². The summed E-state index contributed by atoms with van der Waals surface area (Å²) in [7, 11) is -2.52. The molecule has 7 nitrogen and oxygen atoms in total. The number of rotatable bonds is 10. The fraction of sp³-hybridized carbons (Fsp3) is 0.286. The quantitative estimate of drug-likeness (QED) is 0.449. The van der Waals surface area contributed by atoms with E-state index in [0.717, 1.165) is 21.0 Å². The van der Waals surface area contributed by atoms with Crippen molar-refractivity contribution in [3.8, 4) is 0 Å². The number of carbonyl (C=O) groups is 2. The van der Waals surface area contributed by atoms with Crippen LogP contribution in [0, 0.1) is 13.8 Å². The summed E-state index contributed by atoms with van der Waals surface area (Å²) >= 11 is 0. The highest BCUT2D eigenvalue weighted by Gasteiger charge is 2.33. The van der Waals surface area contributed by atoms with E-state index in [1.54, 1.807) is 42.5 Å². The Balaban J connectivity index is 2.03. The van der Waals surface area contributed by atoms with E-state index in [9.17, 15) is 18.0 Å². The molecule has 0 saturated heterocycles. The van der Waals surface area contributed by atoms with Gasteiger partial charge in [-0.2, -0.15) is 0 Å². The number of carbonyl (C=O) groups excluding carboxylic acids is 2. The Bertz CT molecular complexity index is 1270. The van der Waals surface area contributed by atoms with Crippen LogP contribution in [0.3, 0.4) is 0 Å². The molecule has 0 aliphatic carbocycles. The first-order valence-electron chi connectivity index (χ1n) is 11.9. The molecule has 3 rings (SSSR count). The van der Waals surface area contributed by atoms with E-state index >= 15 is 0 Å². The normalized spacial score (nSPS) is 12.0. The summed E-state index contributed by atoms with van der Waals surface area (Å²) in [5, 5.41) is 2.63. The molecule has 0 spiro atoms. The summed E-state index contributed by atoms with van der Waals surface area (Å²) in [6.45, 7) is 5.44. The van der Waals surface area contributed by atoms with Gasteiger partial charge in [-0.15, -0.1) is 0 Å². The third-order valence-corrected chi connectivity index (χ3v) is 7.83. The number of hydrogen-bond acceptors (Lipinski definition) is 4. The fourth-order valence-electron chi connectivity index (χ4n) is 3.94. The molecule has 0 unspecified atom stereocenters. The lowest BCUT2D eigenvalue weighted by molar-refractivity contribution is -0.140. The average Bonchev–Trinajstić information content (AvgIpc) is 2.89. The van der Waals surface area contributed by atoms with Gasteiger partial charge in [0.15, 0.2) is 0 Å². The Morgan fingerprint density at radius 3 is 1.94 bits per heavy atom. The summed E-state index contributed by atoms with van der Waals surface area (Å²) in [5.41, 5.74) is 3.27. The number of sulfonamides is 1. The summed E-state index contributed by atoms with van der Waals surface area (Å²) in [6.07, 6.45) is 0.382. The number of likely N-dealkylation sites (N-methyl/N-ethyl adjacent to an activating group) is 1. The van der Waals surface area contributed by atoms with Crippen LogP contribution in [-0.4, -0.2) is 44.8 Å². The topological polar surface area (TPSA) is 86.8 Å². The van der Waals surface area contributed by atoms with Crippen molar-refractivity contribution in [1.29, 1.82) is 0 Å². The minimum atomic E-state index is -4.05. The van der Waals surface area contributed by atoms with Gasteiger partial charge in [-0.25, -0.2) is 8.42 Å². The first-order valence-corrected chi connectivity index (χ1v) is 13.3. The minimum absolute atomic E-state index is 0.0850. The largest absolute Gasteiger partial charge is 0.357 e. The van der Waals surface area contributed by atoms with Crippen LogP contribution in [0.2, 0.25) is 0 Å². The highest BCUT2D eigenvalue weighted by molar-refractivity contribution is 7.92. The van der Waals surface area contributed by atoms with Gasteiger partial charge in [0.05, 0.1) is 10.6 Å². The van der Waals surface area contributed by atoms with Crippen LogP contribution in [0.5, 0.6) is 0 Å². The number of nitrogens with zero attached hydrogens (tertiary/aromatic N) is 2. The molecular weight excluding hydrogens is 474 g/mol. The molecule has 36 heavy (non-hydrogen) atoms. The van der Waals surface area contributed by atoms with Crippen molar-refractivity contribution in [2.24, 2.45) is 0 Å². The lowest BCUT2D eigenvalue weighted by atomic mass is 10.1. The van der Waals surface area contributed by atoms with Crippen molar-refractivity contribution in [2.45, 2.75) is 44.7 Å². The Morgan fingerprint density at radius 1 is 0.861 bits per heavy atom. The van der Waals surface area contributed by atoms with Gasteiger partial charge >= 0.3 is 0 Å². The lowest BCUT2D eigenvalue weighted by Crippen LogP contribution is -2.51. The summed E-state index contributed by atoms with van der Waals surface area (Å²) in [6, 6.07) is 22.0. The Kier molecular flexibility index (Phi) is 8.88. The molecule has 3 aromatic carbocycles. The predicted molar refractivity (Wildman–Crippen MR) is 142 cm³/mol. The van der Waals surface area contributed by atoms with Gasteiger partial charge in [0.1, 0.15) is 12.6 Å². The van der Waals surface area contributed by atoms with E-state index in [0.29, 0.717) is 12.1 Å². The molecule has 0 bridgehead atoms.